The van der Waals surface area contributed by atoms with Crippen molar-refractivity contribution in [2.24, 2.45) is 0 Å². The summed E-state index contributed by atoms with van der Waals surface area (Å²) in [4.78, 5) is 29.9. The molecule has 33 heavy (non-hydrogen) atoms. The number of nitrogens with one attached hydrogen (secondary N) is 2. The van der Waals surface area contributed by atoms with E-state index < -0.39 is 42.7 Å². The monoisotopic (exact) mass is 470 g/mol. The molecule has 0 saturated carbocycles. The molecule has 1 saturated heterocycles. The number of benzene rings is 1. The molecule has 2 heterocycles. The number of urea groups is 1. The number of anilines is 1. The molecule has 3 N–H and O–H groups in total. The maximum Gasteiger partial charge on any atom is 0.419 e. The van der Waals surface area contributed by atoms with E-state index in [9.17, 15) is 27.2 Å². The summed E-state index contributed by atoms with van der Waals surface area (Å²) in [6.07, 6.45) is -5.42. The number of ether oxygens (including phenoxy) is 1. The summed E-state index contributed by atoms with van der Waals surface area (Å²) in [5.41, 5.74) is -0.762. The van der Waals surface area contributed by atoms with Gasteiger partial charge in [-0.3, -0.25) is 0 Å². The van der Waals surface area contributed by atoms with Crippen molar-refractivity contribution in [3.8, 4) is 0 Å². The van der Waals surface area contributed by atoms with Gasteiger partial charge in [0.25, 0.3) is 0 Å². The number of alkyl halides is 4. The first kappa shape index (κ1) is 24.2. The van der Waals surface area contributed by atoms with Gasteiger partial charge in [0.05, 0.1) is 18.2 Å². The number of imide groups is 1. The molecule has 0 bridgehead atoms. The molecule has 0 radical (unpaired) electrons. The largest absolute Gasteiger partial charge is 0.439 e. The Morgan fingerprint density at radius 1 is 1.30 bits per heavy atom. The molecular weight excluding hydrogens is 448 g/mol. The number of rotatable bonds is 7. The number of aromatic nitrogens is 1. The Morgan fingerprint density at radius 2 is 2.06 bits per heavy atom. The molecule has 8 nitrogen and oxygen atoms in total. The summed E-state index contributed by atoms with van der Waals surface area (Å²) in [6.45, 7) is 0.418. The lowest BCUT2D eigenvalue weighted by molar-refractivity contribution is -0.137. The van der Waals surface area contributed by atoms with E-state index in [1.807, 2.05) is 0 Å². The Balaban J connectivity index is 1.76. The van der Waals surface area contributed by atoms with Crippen LogP contribution >= 0.6 is 0 Å². The third kappa shape index (κ3) is 5.51. The maximum atomic E-state index is 13.2. The summed E-state index contributed by atoms with van der Waals surface area (Å²) >= 11 is 0. The van der Waals surface area contributed by atoms with E-state index in [2.05, 4.69) is 15.6 Å². The van der Waals surface area contributed by atoms with Gasteiger partial charge in [0, 0.05) is 24.8 Å². The second-order valence-electron chi connectivity index (χ2n) is 7.33. The van der Waals surface area contributed by atoms with Crippen molar-refractivity contribution in [1.82, 2.24) is 15.2 Å². The number of carbonyl (C=O) groups is 2. The van der Waals surface area contributed by atoms with Crippen molar-refractivity contribution in [3.63, 3.8) is 0 Å². The van der Waals surface area contributed by atoms with Crippen LogP contribution in [0.3, 0.4) is 0 Å². The van der Waals surface area contributed by atoms with Gasteiger partial charge in [0.15, 0.2) is 0 Å². The number of pyridine rings is 1. The van der Waals surface area contributed by atoms with Gasteiger partial charge in [0.2, 0.25) is 0 Å². The highest BCUT2D eigenvalue weighted by Crippen LogP contribution is 2.37. The lowest BCUT2D eigenvalue weighted by Crippen LogP contribution is -2.44. The molecule has 0 aliphatic carbocycles. The Labute approximate surface area is 186 Å². The van der Waals surface area contributed by atoms with Crippen molar-refractivity contribution < 1.29 is 37.0 Å². The fraction of sp³-hybridized carbons (Fsp3) is 0.381. The molecule has 3 rings (SSSR count). The molecule has 0 unspecified atom stereocenters. The van der Waals surface area contributed by atoms with Gasteiger partial charge in [-0.2, -0.15) is 13.2 Å². The van der Waals surface area contributed by atoms with Gasteiger partial charge in [-0.15, -0.1) is 0 Å². The van der Waals surface area contributed by atoms with E-state index >= 15 is 0 Å². The van der Waals surface area contributed by atoms with Crippen LogP contribution in [0.2, 0.25) is 0 Å². The molecule has 1 aliphatic heterocycles. The average Bonchev–Trinajstić information content (AvgIpc) is 3.09. The fourth-order valence-electron chi connectivity index (χ4n) is 3.47. The predicted molar refractivity (Wildman–Crippen MR) is 109 cm³/mol. The second-order valence-corrected chi connectivity index (χ2v) is 7.33. The normalized spacial score (nSPS) is 18.2. The van der Waals surface area contributed by atoms with Crippen LogP contribution in [0, 0.1) is 0 Å². The third-order valence-electron chi connectivity index (χ3n) is 5.04. The number of hydrogen-bond donors (Lipinski definition) is 3. The van der Waals surface area contributed by atoms with Crippen LogP contribution in [-0.2, 0) is 24.1 Å². The molecule has 1 aromatic heterocycles. The smallest absolute Gasteiger partial charge is 0.419 e. The van der Waals surface area contributed by atoms with Gasteiger partial charge >= 0.3 is 18.3 Å². The fourth-order valence-corrected chi connectivity index (χ4v) is 3.47. The minimum Gasteiger partial charge on any atom is -0.439 e. The van der Waals surface area contributed by atoms with E-state index in [-0.39, 0.29) is 30.8 Å². The minimum absolute atomic E-state index is 0.0167. The van der Waals surface area contributed by atoms with Crippen LogP contribution in [0.5, 0.6) is 0 Å². The summed E-state index contributed by atoms with van der Waals surface area (Å²) in [6, 6.07) is 4.21. The van der Waals surface area contributed by atoms with Crippen LogP contribution < -0.4 is 10.6 Å². The minimum atomic E-state index is -4.71. The Kier molecular flexibility index (Phi) is 7.36. The number of aliphatic hydroxyl groups excluding tert-OH is 1. The number of cyclic esters (lactones) is 1. The predicted octanol–water partition coefficient (Wildman–Crippen LogP) is 3.77. The average molecular weight is 470 g/mol. The number of halogens is 4. The van der Waals surface area contributed by atoms with Gasteiger partial charge in [-0.25, -0.2) is 23.9 Å². The second kappa shape index (κ2) is 10.0. The van der Waals surface area contributed by atoms with Crippen LogP contribution in [0.15, 0.2) is 36.5 Å². The van der Waals surface area contributed by atoms with E-state index in [0.717, 1.165) is 11.0 Å². The number of nitrogens with zero attached hydrogens (tertiary/aromatic N) is 2. The maximum absolute atomic E-state index is 13.2. The van der Waals surface area contributed by atoms with E-state index in [1.165, 1.54) is 19.2 Å². The molecule has 0 spiro atoms. The third-order valence-corrected chi connectivity index (χ3v) is 5.04. The molecule has 3 amide bonds. The van der Waals surface area contributed by atoms with E-state index in [0.29, 0.717) is 17.4 Å². The summed E-state index contributed by atoms with van der Waals surface area (Å²) in [7, 11) is 0. The topological polar surface area (TPSA) is 104 Å². The summed E-state index contributed by atoms with van der Waals surface area (Å²) < 4.78 is 57.9. The summed E-state index contributed by atoms with van der Waals surface area (Å²) in [5, 5.41) is 14.4. The van der Waals surface area contributed by atoms with Crippen molar-refractivity contribution in [3.05, 3.63) is 58.8 Å². The van der Waals surface area contributed by atoms with Crippen LogP contribution in [0.1, 0.15) is 35.3 Å². The Morgan fingerprint density at radius 3 is 2.73 bits per heavy atom. The number of aliphatic hydroxyl groups is 1. The zero-order chi connectivity index (χ0) is 24.2. The molecule has 1 fully saturated rings. The van der Waals surface area contributed by atoms with Crippen molar-refractivity contribution in [2.45, 2.75) is 38.5 Å². The SMILES string of the molecule is C[C@H]1[C@@H](c2cc(CF)cc(C(F)(F)F)c2)OC(=O)N1C(=O)NCc1cccnc1NCCO. The lowest BCUT2D eigenvalue weighted by Gasteiger charge is -2.21. The molecule has 2 aromatic rings. The highest BCUT2D eigenvalue weighted by atomic mass is 19.4. The quantitative estimate of drug-likeness (QED) is 0.533. The first-order valence-electron chi connectivity index (χ1n) is 9.99. The molecule has 1 aliphatic rings. The number of carbonyl (C=O) groups excluding carboxylic acids is 2. The highest BCUT2D eigenvalue weighted by Gasteiger charge is 2.44. The Bertz CT molecular complexity index is 1020. The first-order valence-corrected chi connectivity index (χ1v) is 9.99. The van der Waals surface area contributed by atoms with Gasteiger partial charge in [-0.05, 0) is 42.3 Å². The van der Waals surface area contributed by atoms with Crippen molar-refractivity contribution in [2.75, 3.05) is 18.5 Å². The van der Waals surface area contributed by atoms with Crippen LogP contribution in [0.25, 0.3) is 0 Å². The van der Waals surface area contributed by atoms with Gasteiger partial charge in [0.1, 0.15) is 18.6 Å². The molecular formula is C21H22F4N4O4. The standard InChI is InChI=1S/C21H22F4N4O4/c1-12-17(15-7-13(10-22)8-16(9-15)21(23,24)25)33-20(32)29(12)19(31)28-11-14-3-2-4-26-18(14)27-5-6-30/h2-4,7-9,12,17,30H,5-6,10-11H2,1H3,(H,26,27)(H,28,31)/t12-,17-/m0/s1. The number of hydrogen-bond acceptors (Lipinski definition) is 6. The summed E-state index contributed by atoms with van der Waals surface area (Å²) in [5.74, 6) is 0.435. The lowest BCUT2D eigenvalue weighted by atomic mass is 9.98. The van der Waals surface area contributed by atoms with Gasteiger partial charge < -0.3 is 20.5 Å². The molecule has 2 atom stereocenters. The van der Waals surface area contributed by atoms with Gasteiger partial charge in [-0.1, -0.05) is 6.07 Å². The number of amides is 3. The Hall–Kier alpha value is -3.41. The molecule has 12 heteroatoms. The van der Waals surface area contributed by atoms with Crippen molar-refractivity contribution in [1.29, 1.82) is 0 Å². The molecule has 1 aromatic carbocycles. The molecule has 178 valence electrons. The zero-order valence-electron chi connectivity index (χ0n) is 17.5. The van der Waals surface area contributed by atoms with E-state index in [4.69, 9.17) is 9.84 Å². The highest BCUT2D eigenvalue weighted by molar-refractivity contribution is 5.92. The zero-order valence-corrected chi connectivity index (χ0v) is 17.5. The van der Waals surface area contributed by atoms with Crippen LogP contribution in [-0.4, -0.2) is 46.3 Å². The van der Waals surface area contributed by atoms with Crippen LogP contribution in [0.4, 0.5) is 33.0 Å². The van der Waals surface area contributed by atoms with E-state index in [1.54, 1.807) is 12.1 Å². The first-order chi connectivity index (χ1) is 15.7. The van der Waals surface area contributed by atoms with Crippen molar-refractivity contribution >= 4 is 17.9 Å².